The molecule has 0 unspecified atom stereocenters. The highest BCUT2D eigenvalue weighted by Crippen LogP contribution is 2.04. The molecule has 1 aromatic carbocycles. The summed E-state index contributed by atoms with van der Waals surface area (Å²) >= 11 is 0. The average molecular weight is 322 g/mol. The number of amides is 4. The molecule has 0 aromatic heterocycles. The predicted octanol–water partition coefficient (Wildman–Crippen LogP) is -0.357. The van der Waals surface area contributed by atoms with E-state index in [1.54, 1.807) is 30.3 Å². The van der Waals surface area contributed by atoms with E-state index in [1.807, 2.05) is 0 Å². The van der Waals surface area contributed by atoms with Crippen molar-refractivity contribution < 1.29 is 24.3 Å². The first kappa shape index (κ1) is 18.0. The van der Waals surface area contributed by atoms with Crippen molar-refractivity contribution in [3.8, 4) is 0 Å². The van der Waals surface area contributed by atoms with Gasteiger partial charge in [-0.05, 0) is 18.6 Å². The highest BCUT2D eigenvalue weighted by atomic mass is 16.4. The molecule has 0 aliphatic carbocycles. The molecule has 1 aromatic rings. The summed E-state index contributed by atoms with van der Waals surface area (Å²) in [5, 5.41) is 15.9. The monoisotopic (exact) mass is 322 g/mol. The predicted molar refractivity (Wildman–Crippen MR) is 81.5 cm³/mol. The van der Waals surface area contributed by atoms with Gasteiger partial charge < -0.3 is 26.8 Å². The van der Waals surface area contributed by atoms with Gasteiger partial charge >= 0.3 is 12.0 Å². The minimum absolute atomic E-state index is 0.118. The molecule has 0 aliphatic rings. The molecule has 0 saturated carbocycles. The van der Waals surface area contributed by atoms with Gasteiger partial charge in [-0.25, -0.2) is 9.59 Å². The van der Waals surface area contributed by atoms with Crippen LogP contribution < -0.4 is 21.7 Å². The van der Waals surface area contributed by atoms with Gasteiger partial charge in [0.2, 0.25) is 11.8 Å². The lowest BCUT2D eigenvalue weighted by atomic mass is 10.1. The average Bonchev–Trinajstić information content (AvgIpc) is 2.50. The number of carboxylic acid groups (broad SMARTS) is 1. The fourth-order valence-electron chi connectivity index (χ4n) is 1.65. The summed E-state index contributed by atoms with van der Waals surface area (Å²) in [6.07, 6.45) is -0.286. The maximum Gasteiger partial charge on any atom is 0.326 e. The van der Waals surface area contributed by atoms with Gasteiger partial charge in [-0.3, -0.25) is 9.59 Å². The Balaban J connectivity index is 2.38. The largest absolute Gasteiger partial charge is 0.480 e. The Labute approximate surface area is 132 Å². The first-order valence-corrected chi connectivity index (χ1v) is 6.79. The highest BCUT2D eigenvalue weighted by molar-refractivity contribution is 5.93. The minimum Gasteiger partial charge on any atom is -0.480 e. The molecule has 9 heteroatoms. The number of para-hydroxylation sites is 1. The molecule has 0 saturated heterocycles. The van der Waals surface area contributed by atoms with Crippen molar-refractivity contribution in [3.63, 3.8) is 0 Å². The third-order valence-electron chi connectivity index (χ3n) is 2.75. The van der Waals surface area contributed by atoms with E-state index in [0.29, 0.717) is 5.69 Å². The number of aliphatic carboxylic acids is 1. The van der Waals surface area contributed by atoms with Gasteiger partial charge in [0.15, 0.2) is 0 Å². The number of nitrogens with two attached hydrogens (primary N) is 1. The molecule has 0 fully saturated rings. The summed E-state index contributed by atoms with van der Waals surface area (Å²) in [6, 6.07) is 6.75. The Hall–Kier alpha value is -3.10. The second kappa shape index (κ2) is 9.03. The molecule has 0 radical (unpaired) electrons. The van der Waals surface area contributed by atoms with Gasteiger partial charge in [-0.15, -0.1) is 0 Å². The summed E-state index contributed by atoms with van der Waals surface area (Å²) in [5.74, 6) is -2.63. The van der Waals surface area contributed by atoms with Crippen molar-refractivity contribution in [3.05, 3.63) is 30.3 Å². The van der Waals surface area contributed by atoms with Gasteiger partial charge in [0.05, 0.1) is 6.54 Å². The van der Waals surface area contributed by atoms with Crippen molar-refractivity contribution >= 4 is 29.5 Å². The molecule has 0 heterocycles. The topological polar surface area (TPSA) is 151 Å². The summed E-state index contributed by atoms with van der Waals surface area (Å²) in [7, 11) is 0. The molecule has 4 amide bonds. The Morgan fingerprint density at radius 3 is 2.35 bits per heavy atom. The number of primary amides is 1. The molecule has 0 bridgehead atoms. The molecule has 9 nitrogen and oxygen atoms in total. The van der Waals surface area contributed by atoms with Gasteiger partial charge in [0, 0.05) is 12.1 Å². The van der Waals surface area contributed by atoms with E-state index in [4.69, 9.17) is 10.8 Å². The number of carboxylic acids is 1. The van der Waals surface area contributed by atoms with Crippen LogP contribution in [0.5, 0.6) is 0 Å². The maximum atomic E-state index is 11.6. The van der Waals surface area contributed by atoms with Crippen LogP contribution in [0.25, 0.3) is 0 Å². The molecule has 1 rings (SSSR count). The number of benzene rings is 1. The van der Waals surface area contributed by atoms with E-state index in [2.05, 4.69) is 16.0 Å². The number of nitrogens with one attached hydrogen (secondary N) is 3. The van der Waals surface area contributed by atoms with Crippen LogP contribution in [-0.2, 0) is 14.4 Å². The van der Waals surface area contributed by atoms with Crippen molar-refractivity contribution in [1.82, 2.24) is 10.6 Å². The van der Waals surface area contributed by atoms with Crippen molar-refractivity contribution in [2.45, 2.75) is 18.9 Å². The quantitative estimate of drug-likeness (QED) is 0.443. The van der Waals surface area contributed by atoms with Crippen LogP contribution in [0.1, 0.15) is 12.8 Å². The number of anilines is 1. The van der Waals surface area contributed by atoms with E-state index in [9.17, 15) is 19.2 Å². The standard InChI is InChI=1S/C14H18N4O5/c15-11(19)7-6-10(13(21)22)18-12(20)8-16-14(23)17-9-4-2-1-3-5-9/h1-5,10H,6-8H2,(H2,15,19)(H,18,20)(H,21,22)(H2,16,17,23)/t10-/m1/s1. The van der Waals surface area contributed by atoms with Gasteiger partial charge in [0.25, 0.3) is 0 Å². The highest BCUT2D eigenvalue weighted by Gasteiger charge is 2.20. The van der Waals surface area contributed by atoms with Crippen molar-refractivity contribution in [2.24, 2.45) is 5.73 Å². The number of hydrogen-bond acceptors (Lipinski definition) is 4. The van der Waals surface area contributed by atoms with Crippen LogP contribution >= 0.6 is 0 Å². The zero-order chi connectivity index (χ0) is 17.2. The summed E-state index contributed by atoms with van der Waals surface area (Å²) in [6.45, 7) is -0.404. The third kappa shape index (κ3) is 7.46. The molecule has 6 N–H and O–H groups in total. The number of urea groups is 1. The zero-order valence-corrected chi connectivity index (χ0v) is 12.2. The molecule has 1 atom stereocenters. The summed E-state index contributed by atoms with van der Waals surface area (Å²) in [5.41, 5.74) is 5.48. The molecular weight excluding hydrogens is 304 g/mol. The second-order valence-corrected chi connectivity index (χ2v) is 4.64. The van der Waals surface area contributed by atoms with Crippen LogP contribution in [0.2, 0.25) is 0 Å². The number of carbonyl (C=O) groups excluding carboxylic acids is 3. The second-order valence-electron chi connectivity index (χ2n) is 4.64. The van der Waals surface area contributed by atoms with Crippen LogP contribution in [0.15, 0.2) is 30.3 Å². The maximum absolute atomic E-state index is 11.6. The fourth-order valence-corrected chi connectivity index (χ4v) is 1.65. The van der Waals surface area contributed by atoms with E-state index in [0.717, 1.165) is 0 Å². The summed E-state index contributed by atoms with van der Waals surface area (Å²) < 4.78 is 0. The third-order valence-corrected chi connectivity index (χ3v) is 2.75. The number of carbonyl (C=O) groups is 4. The van der Waals surface area contributed by atoms with E-state index in [-0.39, 0.29) is 12.8 Å². The molecule has 23 heavy (non-hydrogen) atoms. The van der Waals surface area contributed by atoms with Crippen LogP contribution in [0.4, 0.5) is 10.5 Å². The Morgan fingerprint density at radius 2 is 1.78 bits per heavy atom. The molecule has 0 spiro atoms. The minimum atomic E-state index is -1.28. The lowest BCUT2D eigenvalue weighted by Gasteiger charge is -2.14. The zero-order valence-electron chi connectivity index (χ0n) is 12.2. The molecule has 0 aliphatic heterocycles. The van der Waals surface area contributed by atoms with Gasteiger partial charge in [-0.2, -0.15) is 0 Å². The van der Waals surface area contributed by atoms with Crippen molar-refractivity contribution in [2.75, 3.05) is 11.9 Å². The normalized spacial score (nSPS) is 11.1. The number of hydrogen-bond donors (Lipinski definition) is 5. The van der Waals surface area contributed by atoms with E-state index >= 15 is 0 Å². The van der Waals surface area contributed by atoms with Gasteiger partial charge in [0.1, 0.15) is 6.04 Å². The summed E-state index contributed by atoms with van der Waals surface area (Å²) in [4.78, 5) is 44.8. The molecular formula is C14H18N4O5. The smallest absolute Gasteiger partial charge is 0.326 e. The van der Waals surface area contributed by atoms with E-state index in [1.165, 1.54) is 0 Å². The van der Waals surface area contributed by atoms with E-state index < -0.39 is 36.4 Å². The first-order chi connectivity index (χ1) is 10.9. The molecule has 124 valence electrons. The van der Waals surface area contributed by atoms with Crippen molar-refractivity contribution in [1.29, 1.82) is 0 Å². The number of rotatable bonds is 8. The lowest BCUT2D eigenvalue weighted by molar-refractivity contribution is -0.142. The Kier molecular flexibility index (Phi) is 7.05. The Bertz CT molecular complexity index is 576. The van der Waals surface area contributed by atoms with Crippen LogP contribution in [0.3, 0.4) is 0 Å². The van der Waals surface area contributed by atoms with Crippen LogP contribution in [0, 0.1) is 0 Å². The Morgan fingerprint density at radius 1 is 1.13 bits per heavy atom. The van der Waals surface area contributed by atoms with Crippen LogP contribution in [-0.4, -0.2) is 41.5 Å². The first-order valence-electron chi connectivity index (χ1n) is 6.79. The SMILES string of the molecule is NC(=O)CC[C@@H](NC(=O)CNC(=O)Nc1ccccc1)C(=O)O. The fraction of sp³-hybridized carbons (Fsp3) is 0.286. The van der Waals surface area contributed by atoms with Gasteiger partial charge in [-0.1, -0.05) is 18.2 Å². The lowest BCUT2D eigenvalue weighted by Crippen LogP contribution is -2.46.